The van der Waals surface area contributed by atoms with Crippen LogP contribution in [0.5, 0.6) is 0 Å². The van der Waals surface area contributed by atoms with Crippen LogP contribution in [-0.4, -0.2) is 35.9 Å². The van der Waals surface area contributed by atoms with Gasteiger partial charge >= 0.3 is 5.97 Å². The van der Waals surface area contributed by atoms with Gasteiger partial charge in [-0.05, 0) is 37.1 Å². The number of nitrogens with zero attached hydrogens (tertiary/aromatic N) is 2. The van der Waals surface area contributed by atoms with Gasteiger partial charge in [0, 0.05) is 11.8 Å². The number of hydrogen-bond donors (Lipinski definition) is 1. The Hall–Kier alpha value is -1.85. The summed E-state index contributed by atoms with van der Waals surface area (Å²) in [6, 6.07) is 8.46. The van der Waals surface area contributed by atoms with E-state index in [4.69, 9.17) is 4.74 Å². The van der Waals surface area contributed by atoms with Gasteiger partial charge in [-0.15, -0.1) is 12.4 Å². The molecule has 1 aromatic heterocycles. The highest BCUT2D eigenvalue weighted by molar-refractivity contribution is 5.85. The van der Waals surface area contributed by atoms with Gasteiger partial charge in [0.1, 0.15) is 0 Å². The van der Waals surface area contributed by atoms with Crippen LogP contribution in [0.3, 0.4) is 0 Å². The first-order valence-electron chi connectivity index (χ1n) is 7.67. The summed E-state index contributed by atoms with van der Waals surface area (Å²) in [5.74, 6) is -0.220. The van der Waals surface area contributed by atoms with Crippen molar-refractivity contribution >= 4 is 18.4 Å². The number of piperidine rings is 1. The van der Waals surface area contributed by atoms with Gasteiger partial charge < -0.3 is 10.1 Å². The highest BCUT2D eigenvalue weighted by Crippen LogP contribution is 2.24. The number of rotatable bonds is 4. The summed E-state index contributed by atoms with van der Waals surface area (Å²) in [4.78, 5) is 11.4. The molecule has 0 unspecified atom stereocenters. The Balaban J connectivity index is 0.00000192. The molecule has 0 amide bonds. The van der Waals surface area contributed by atoms with Crippen molar-refractivity contribution in [3.05, 3.63) is 42.2 Å². The number of methoxy groups -OCH3 is 1. The highest BCUT2D eigenvalue weighted by Gasteiger charge is 2.16. The van der Waals surface area contributed by atoms with Crippen molar-refractivity contribution in [1.82, 2.24) is 15.1 Å². The molecule has 2 aromatic rings. The van der Waals surface area contributed by atoms with E-state index in [0.717, 1.165) is 42.6 Å². The van der Waals surface area contributed by atoms with Crippen molar-refractivity contribution in [3.63, 3.8) is 0 Å². The van der Waals surface area contributed by atoms with E-state index in [9.17, 15) is 4.79 Å². The first-order chi connectivity index (χ1) is 10.8. The van der Waals surface area contributed by atoms with E-state index in [1.807, 2.05) is 30.5 Å². The van der Waals surface area contributed by atoms with Gasteiger partial charge in [-0.25, -0.2) is 0 Å². The quantitative estimate of drug-likeness (QED) is 0.873. The van der Waals surface area contributed by atoms with Crippen LogP contribution in [0.1, 0.15) is 24.4 Å². The fourth-order valence-electron chi connectivity index (χ4n) is 2.86. The van der Waals surface area contributed by atoms with Crippen molar-refractivity contribution < 1.29 is 9.53 Å². The minimum Gasteiger partial charge on any atom is -0.469 e. The van der Waals surface area contributed by atoms with Crippen LogP contribution < -0.4 is 5.32 Å². The van der Waals surface area contributed by atoms with E-state index >= 15 is 0 Å². The molecule has 124 valence electrons. The number of aromatic nitrogens is 2. The third-order valence-corrected chi connectivity index (χ3v) is 4.12. The molecule has 23 heavy (non-hydrogen) atoms. The zero-order chi connectivity index (χ0) is 15.4. The first kappa shape index (κ1) is 17.5. The summed E-state index contributed by atoms with van der Waals surface area (Å²) >= 11 is 0. The van der Waals surface area contributed by atoms with E-state index in [0.29, 0.717) is 12.5 Å². The zero-order valence-corrected chi connectivity index (χ0v) is 14.0. The normalized spacial score (nSPS) is 15.0. The number of esters is 1. The second-order valence-electron chi connectivity index (χ2n) is 5.64. The lowest BCUT2D eigenvalue weighted by Gasteiger charge is -2.22. The fraction of sp³-hybridized carbons (Fsp3) is 0.412. The molecule has 0 saturated carbocycles. The lowest BCUT2D eigenvalue weighted by atomic mass is 10.0. The summed E-state index contributed by atoms with van der Waals surface area (Å²) in [6.45, 7) is 2.10. The number of ether oxygens (including phenoxy) is 1. The molecular formula is C17H22ClN3O2. The van der Waals surface area contributed by atoms with Gasteiger partial charge in [-0.1, -0.05) is 24.3 Å². The maximum Gasteiger partial charge on any atom is 0.309 e. The topological polar surface area (TPSA) is 56.1 Å². The van der Waals surface area contributed by atoms with Gasteiger partial charge in [0.2, 0.25) is 0 Å². The van der Waals surface area contributed by atoms with Crippen LogP contribution >= 0.6 is 12.4 Å². The largest absolute Gasteiger partial charge is 0.469 e. The highest BCUT2D eigenvalue weighted by atomic mass is 35.5. The average Bonchev–Trinajstić information content (AvgIpc) is 3.06. The van der Waals surface area contributed by atoms with E-state index < -0.39 is 0 Å². The molecule has 0 aliphatic carbocycles. The van der Waals surface area contributed by atoms with Gasteiger partial charge in [0.15, 0.2) is 0 Å². The maximum atomic E-state index is 11.4. The van der Waals surface area contributed by atoms with E-state index in [1.54, 1.807) is 0 Å². The molecule has 1 aliphatic heterocycles. The summed E-state index contributed by atoms with van der Waals surface area (Å²) in [5.41, 5.74) is 3.13. The number of carbonyl (C=O) groups excluding carboxylic acids is 1. The summed E-state index contributed by atoms with van der Waals surface area (Å²) in [6.07, 6.45) is 6.53. The number of nitrogens with one attached hydrogen (secondary N) is 1. The Labute approximate surface area is 142 Å². The molecule has 1 N–H and O–H groups in total. The number of carbonyl (C=O) groups is 1. The van der Waals surface area contributed by atoms with Crippen LogP contribution in [0.4, 0.5) is 0 Å². The maximum absolute atomic E-state index is 11.4. The Morgan fingerprint density at radius 1 is 1.35 bits per heavy atom. The molecule has 2 heterocycles. The van der Waals surface area contributed by atoms with E-state index in [2.05, 4.69) is 21.3 Å². The molecule has 1 aromatic carbocycles. The Morgan fingerprint density at radius 2 is 2.13 bits per heavy atom. The van der Waals surface area contributed by atoms with Gasteiger partial charge in [-0.2, -0.15) is 5.10 Å². The molecular weight excluding hydrogens is 314 g/mol. The van der Waals surface area contributed by atoms with Crippen LogP contribution in [0.2, 0.25) is 0 Å². The van der Waals surface area contributed by atoms with Crippen LogP contribution in [0, 0.1) is 0 Å². The minimum atomic E-state index is -0.220. The molecule has 1 fully saturated rings. The summed E-state index contributed by atoms with van der Waals surface area (Å²) in [7, 11) is 1.41. The lowest BCUT2D eigenvalue weighted by Crippen LogP contribution is -2.29. The standard InChI is InChI=1S/C17H21N3O2.ClH/c1-22-17(21)10-13-3-2-4-14(9-13)15-11-19-20(12-15)16-5-7-18-8-6-16;/h2-4,9,11-12,16,18H,5-8,10H2,1H3;1H. The molecule has 0 radical (unpaired) electrons. The van der Waals surface area contributed by atoms with Gasteiger partial charge in [0.25, 0.3) is 0 Å². The second kappa shape index (κ2) is 8.13. The van der Waals surface area contributed by atoms with E-state index in [1.165, 1.54) is 7.11 Å². The third kappa shape index (κ3) is 4.33. The van der Waals surface area contributed by atoms with Crippen LogP contribution in [-0.2, 0) is 16.0 Å². The Bertz CT molecular complexity index is 651. The van der Waals surface area contributed by atoms with Crippen molar-refractivity contribution in [2.45, 2.75) is 25.3 Å². The SMILES string of the molecule is COC(=O)Cc1cccc(-c2cnn(C3CCNCC3)c2)c1.Cl. The molecule has 6 heteroatoms. The van der Waals surface area contributed by atoms with Gasteiger partial charge in [-0.3, -0.25) is 9.48 Å². The smallest absolute Gasteiger partial charge is 0.309 e. The zero-order valence-electron chi connectivity index (χ0n) is 13.2. The Kier molecular flexibility index (Phi) is 6.19. The van der Waals surface area contributed by atoms with Crippen molar-refractivity contribution in [2.24, 2.45) is 0 Å². The number of hydrogen-bond acceptors (Lipinski definition) is 4. The van der Waals surface area contributed by atoms with Crippen molar-refractivity contribution in [1.29, 1.82) is 0 Å². The van der Waals surface area contributed by atoms with Crippen molar-refractivity contribution in [3.8, 4) is 11.1 Å². The number of benzene rings is 1. The first-order valence-corrected chi connectivity index (χ1v) is 7.67. The molecule has 3 rings (SSSR count). The van der Waals surface area contributed by atoms with Gasteiger partial charge in [0.05, 0.1) is 25.8 Å². The summed E-state index contributed by atoms with van der Waals surface area (Å²) < 4.78 is 6.79. The predicted molar refractivity (Wildman–Crippen MR) is 91.8 cm³/mol. The second-order valence-corrected chi connectivity index (χ2v) is 5.64. The Morgan fingerprint density at radius 3 is 2.87 bits per heavy atom. The molecule has 1 saturated heterocycles. The molecule has 1 aliphatic rings. The predicted octanol–water partition coefficient (Wildman–Crippen LogP) is 2.61. The molecule has 0 spiro atoms. The molecule has 0 atom stereocenters. The van der Waals surface area contributed by atoms with Crippen molar-refractivity contribution in [2.75, 3.05) is 20.2 Å². The fourth-order valence-corrected chi connectivity index (χ4v) is 2.86. The lowest BCUT2D eigenvalue weighted by molar-refractivity contribution is -0.139. The molecule has 0 bridgehead atoms. The summed E-state index contributed by atoms with van der Waals surface area (Å²) in [5, 5.41) is 7.89. The third-order valence-electron chi connectivity index (χ3n) is 4.12. The van der Waals surface area contributed by atoms with E-state index in [-0.39, 0.29) is 18.4 Å². The van der Waals surface area contributed by atoms with Crippen LogP contribution in [0.25, 0.3) is 11.1 Å². The average molecular weight is 336 g/mol. The minimum absolute atomic E-state index is 0. The van der Waals surface area contributed by atoms with Crippen LogP contribution in [0.15, 0.2) is 36.7 Å². The monoisotopic (exact) mass is 335 g/mol. The molecule has 5 nitrogen and oxygen atoms in total. The number of halogens is 1.